The Morgan fingerprint density at radius 3 is 2.70 bits per heavy atom. The molecule has 2 aliphatic carbocycles. The maximum atomic E-state index is 12.6. The molecule has 3 heteroatoms. The van der Waals surface area contributed by atoms with Gasteiger partial charge in [0, 0.05) is 27.9 Å². The number of Topliss-reactive ketones (excluding diaryl/α,β-unsaturated/α-hetero) is 1. The van der Waals surface area contributed by atoms with Crippen LogP contribution < -0.4 is 4.74 Å². The van der Waals surface area contributed by atoms with Crippen molar-refractivity contribution >= 4 is 23.1 Å². The van der Waals surface area contributed by atoms with Crippen molar-refractivity contribution in [2.24, 2.45) is 16.2 Å². The normalized spacial score (nSPS) is 38.4. The van der Waals surface area contributed by atoms with Crippen molar-refractivity contribution in [1.82, 2.24) is 0 Å². The SMILES string of the molecule is COc1ccc2c(c1)SC[C@]1(C)C2=CC[C@]2(C)C(=O)CC[C@]21C. The Hall–Kier alpha value is -1.22. The van der Waals surface area contributed by atoms with Crippen LogP contribution in [0.1, 0.15) is 45.6 Å². The molecule has 122 valence electrons. The molecule has 0 amide bonds. The molecule has 1 aliphatic heterocycles. The van der Waals surface area contributed by atoms with Crippen molar-refractivity contribution < 1.29 is 9.53 Å². The first kappa shape index (κ1) is 15.3. The third-order valence-electron chi connectivity index (χ3n) is 7.21. The number of rotatable bonds is 1. The zero-order valence-electron chi connectivity index (χ0n) is 14.4. The number of carbonyl (C=O) groups excluding carboxylic acids is 1. The van der Waals surface area contributed by atoms with Crippen LogP contribution >= 0.6 is 11.8 Å². The lowest BCUT2D eigenvalue weighted by molar-refractivity contribution is -0.131. The van der Waals surface area contributed by atoms with E-state index in [1.54, 1.807) is 7.11 Å². The summed E-state index contributed by atoms with van der Waals surface area (Å²) in [6.45, 7) is 6.95. The maximum Gasteiger partial charge on any atom is 0.139 e. The van der Waals surface area contributed by atoms with E-state index in [1.807, 2.05) is 11.8 Å². The highest BCUT2D eigenvalue weighted by molar-refractivity contribution is 7.99. The number of ketones is 1. The molecule has 0 radical (unpaired) electrons. The first-order valence-electron chi connectivity index (χ1n) is 8.41. The van der Waals surface area contributed by atoms with Crippen LogP contribution in [-0.2, 0) is 4.79 Å². The van der Waals surface area contributed by atoms with Gasteiger partial charge < -0.3 is 4.74 Å². The molecule has 23 heavy (non-hydrogen) atoms. The molecule has 0 spiro atoms. The van der Waals surface area contributed by atoms with Crippen molar-refractivity contribution in [1.29, 1.82) is 0 Å². The Morgan fingerprint density at radius 2 is 1.96 bits per heavy atom. The minimum atomic E-state index is -0.199. The van der Waals surface area contributed by atoms with Crippen LogP contribution in [0.15, 0.2) is 29.2 Å². The Labute approximate surface area is 142 Å². The van der Waals surface area contributed by atoms with Crippen molar-refractivity contribution in [2.75, 3.05) is 12.9 Å². The number of hydrogen-bond donors (Lipinski definition) is 0. The number of carbonyl (C=O) groups is 1. The summed E-state index contributed by atoms with van der Waals surface area (Å²) in [5, 5.41) is 0. The molecule has 0 saturated heterocycles. The second kappa shape index (κ2) is 4.66. The third-order valence-corrected chi connectivity index (χ3v) is 8.58. The highest BCUT2D eigenvalue weighted by Gasteiger charge is 2.65. The van der Waals surface area contributed by atoms with Gasteiger partial charge in [0.1, 0.15) is 11.5 Å². The first-order chi connectivity index (χ1) is 10.9. The fraction of sp³-hybridized carbons (Fsp3) is 0.550. The van der Waals surface area contributed by atoms with Gasteiger partial charge in [-0.05, 0) is 47.6 Å². The molecule has 3 aliphatic rings. The molecule has 1 heterocycles. The molecule has 1 aromatic carbocycles. The molecular formula is C20H24O2S. The Morgan fingerprint density at radius 1 is 1.17 bits per heavy atom. The van der Waals surface area contributed by atoms with Gasteiger partial charge in [0.05, 0.1) is 7.11 Å². The molecular weight excluding hydrogens is 304 g/mol. The van der Waals surface area contributed by atoms with E-state index in [9.17, 15) is 4.79 Å². The van der Waals surface area contributed by atoms with Crippen LogP contribution in [0.3, 0.4) is 0 Å². The number of ether oxygens (including phenoxy) is 1. The molecule has 0 bridgehead atoms. The van der Waals surface area contributed by atoms with E-state index in [4.69, 9.17) is 4.74 Å². The molecule has 1 saturated carbocycles. The smallest absolute Gasteiger partial charge is 0.139 e. The van der Waals surface area contributed by atoms with E-state index < -0.39 is 0 Å². The monoisotopic (exact) mass is 328 g/mol. The predicted octanol–water partition coefficient (Wildman–Crippen LogP) is 4.97. The van der Waals surface area contributed by atoms with Crippen molar-refractivity contribution in [2.45, 2.75) is 44.9 Å². The molecule has 0 aromatic heterocycles. The first-order valence-corrected chi connectivity index (χ1v) is 9.39. The van der Waals surface area contributed by atoms with Gasteiger partial charge in [-0.15, -0.1) is 11.8 Å². The van der Waals surface area contributed by atoms with Gasteiger partial charge in [0.25, 0.3) is 0 Å². The Kier molecular flexibility index (Phi) is 3.10. The fourth-order valence-corrected chi connectivity index (χ4v) is 6.56. The summed E-state index contributed by atoms with van der Waals surface area (Å²) >= 11 is 1.92. The van der Waals surface area contributed by atoms with Crippen molar-refractivity contribution in [3.05, 3.63) is 29.8 Å². The van der Waals surface area contributed by atoms with Crippen LogP contribution in [0.5, 0.6) is 5.75 Å². The largest absolute Gasteiger partial charge is 0.497 e. The molecule has 4 rings (SSSR count). The Bertz CT molecular complexity index is 737. The molecule has 1 fully saturated rings. The number of fused-ring (bicyclic) bond motifs is 5. The predicted molar refractivity (Wildman–Crippen MR) is 94.9 cm³/mol. The maximum absolute atomic E-state index is 12.6. The van der Waals surface area contributed by atoms with Crippen LogP contribution in [0, 0.1) is 16.2 Å². The van der Waals surface area contributed by atoms with Gasteiger partial charge in [-0.1, -0.05) is 26.8 Å². The van der Waals surface area contributed by atoms with E-state index in [0.29, 0.717) is 5.78 Å². The van der Waals surface area contributed by atoms with Crippen LogP contribution in [-0.4, -0.2) is 18.6 Å². The summed E-state index contributed by atoms with van der Waals surface area (Å²) in [6.07, 6.45) is 4.99. The number of hydrogen-bond acceptors (Lipinski definition) is 3. The highest BCUT2D eigenvalue weighted by atomic mass is 32.2. The minimum absolute atomic E-state index is 0.0474. The van der Waals surface area contributed by atoms with Crippen LogP contribution in [0.25, 0.3) is 5.57 Å². The highest BCUT2D eigenvalue weighted by Crippen LogP contribution is 2.70. The summed E-state index contributed by atoms with van der Waals surface area (Å²) in [5.74, 6) is 2.42. The van der Waals surface area contributed by atoms with Gasteiger partial charge in [-0.25, -0.2) is 0 Å². The molecule has 0 N–H and O–H groups in total. The number of thioether (sulfide) groups is 1. The zero-order chi connectivity index (χ0) is 16.5. The van der Waals surface area contributed by atoms with Gasteiger partial charge in [-0.3, -0.25) is 4.79 Å². The minimum Gasteiger partial charge on any atom is -0.497 e. The number of methoxy groups -OCH3 is 1. The third kappa shape index (κ3) is 1.69. The van der Waals surface area contributed by atoms with Gasteiger partial charge in [0.15, 0.2) is 0 Å². The van der Waals surface area contributed by atoms with Crippen molar-refractivity contribution in [3.8, 4) is 5.75 Å². The lowest BCUT2D eigenvalue weighted by atomic mass is 9.48. The van der Waals surface area contributed by atoms with Crippen LogP contribution in [0.4, 0.5) is 0 Å². The average Bonchev–Trinajstić information content (AvgIpc) is 2.79. The molecule has 0 unspecified atom stereocenters. The van der Waals surface area contributed by atoms with E-state index in [-0.39, 0.29) is 16.2 Å². The Balaban J connectivity index is 1.89. The summed E-state index contributed by atoms with van der Waals surface area (Å²) in [5.41, 5.74) is 2.69. The van der Waals surface area contributed by atoms with Gasteiger partial charge >= 0.3 is 0 Å². The van der Waals surface area contributed by atoms with E-state index in [1.165, 1.54) is 16.0 Å². The van der Waals surface area contributed by atoms with Crippen molar-refractivity contribution in [3.63, 3.8) is 0 Å². The lowest BCUT2D eigenvalue weighted by Crippen LogP contribution is -2.53. The van der Waals surface area contributed by atoms with Gasteiger partial charge in [-0.2, -0.15) is 0 Å². The van der Waals surface area contributed by atoms with E-state index >= 15 is 0 Å². The average molecular weight is 328 g/mol. The van der Waals surface area contributed by atoms with Gasteiger partial charge in [0.2, 0.25) is 0 Å². The summed E-state index contributed by atoms with van der Waals surface area (Å²) in [7, 11) is 1.72. The second-order valence-electron chi connectivity index (χ2n) is 7.89. The standard InChI is InChI=1S/C20H24O2S/c1-18-9-7-15-14-6-5-13(22-4)11-16(14)23-12-19(15,2)20(18,3)10-8-17(18)21/h5-7,11H,8-10,12H2,1-4H3/t18-,19-,20-/m1/s1. The molecule has 3 atom stereocenters. The molecule has 2 nitrogen and oxygen atoms in total. The molecule has 1 aromatic rings. The summed E-state index contributed by atoms with van der Waals surface area (Å²) in [6, 6.07) is 6.41. The quantitative estimate of drug-likeness (QED) is 0.728. The summed E-state index contributed by atoms with van der Waals surface area (Å²) < 4.78 is 5.38. The van der Waals surface area contributed by atoms with E-state index in [2.05, 4.69) is 45.0 Å². The number of benzene rings is 1. The van der Waals surface area contributed by atoms with E-state index in [0.717, 1.165) is 30.8 Å². The lowest BCUT2D eigenvalue weighted by Gasteiger charge is -2.58. The number of allylic oxidation sites excluding steroid dienone is 2. The fourth-order valence-electron chi connectivity index (χ4n) is 5.11. The summed E-state index contributed by atoms with van der Waals surface area (Å²) in [4.78, 5) is 13.9. The zero-order valence-corrected chi connectivity index (χ0v) is 15.2. The second-order valence-corrected chi connectivity index (χ2v) is 8.91. The van der Waals surface area contributed by atoms with Crippen LogP contribution in [0.2, 0.25) is 0 Å². The topological polar surface area (TPSA) is 26.3 Å².